The van der Waals surface area contributed by atoms with E-state index in [1.807, 2.05) is 0 Å². The fraction of sp³-hybridized carbons (Fsp3) is 0.312. The highest BCUT2D eigenvalue weighted by molar-refractivity contribution is 5.94. The molecule has 0 aromatic heterocycles. The van der Waals surface area contributed by atoms with E-state index in [2.05, 4.69) is 10.6 Å². The first-order valence-corrected chi connectivity index (χ1v) is 14.1. The number of aromatic hydroxyl groups is 2. The van der Waals surface area contributed by atoms with Crippen LogP contribution in [0.3, 0.4) is 0 Å². The van der Waals surface area contributed by atoms with Crippen LogP contribution in [0.25, 0.3) is 0 Å². The standard InChI is InChI=1S/C32H36N4O7/c33-25(17-21-8-12-23(37)13-9-21)31(41)36-16-4-7-28(36)30(40)34-26(18-22-10-14-24(38)15-11-22)29(39)35-27(32(42)43)19-20-5-2-1-3-6-20/h1-3,5-6,8-15,25-28,37-38H,4,7,16-19,33H2,(H,34,40)(H,35,39)(H,42,43). The number of amides is 3. The van der Waals surface area contributed by atoms with Crippen molar-refractivity contribution in [1.29, 1.82) is 0 Å². The molecule has 0 saturated carbocycles. The molecule has 226 valence electrons. The van der Waals surface area contributed by atoms with Gasteiger partial charge in [0.1, 0.15) is 29.6 Å². The zero-order chi connectivity index (χ0) is 30.9. The molecule has 3 amide bonds. The number of rotatable bonds is 12. The van der Waals surface area contributed by atoms with Gasteiger partial charge in [0.15, 0.2) is 0 Å². The van der Waals surface area contributed by atoms with Crippen LogP contribution in [0, 0.1) is 0 Å². The number of hydrogen-bond acceptors (Lipinski definition) is 7. The summed E-state index contributed by atoms with van der Waals surface area (Å²) in [6.45, 7) is 0.327. The third-order valence-electron chi connectivity index (χ3n) is 7.45. The maximum atomic E-state index is 13.5. The second kappa shape index (κ2) is 14.3. The van der Waals surface area contributed by atoms with Crippen LogP contribution in [0.1, 0.15) is 29.5 Å². The van der Waals surface area contributed by atoms with E-state index in [9.17, 15) is 34.5 Å². The van der Waals surface area contributed by atoms with Crippen molar-refractivity contribution in [2.75, 3.05) is 6.54 Å². The molecule has 4 atom stereocenters. The van der Waals surface area contributed by atoms with Gasteiger partial charge in [0.25, 0.3) is 0 Å². The van der Waals surface area contributed by atoms with Crippen molar-refractivity contribution in [3.8, 4) is 11.5 Å². The Morgan fingerprint density at radius 3 is 1.88 bits per heavy atom. The molecule has 1 heterocycles. The highest BCUT2D eigenvalue weighted by Crippen LogP contribution is 2.21. The van der Waals surface area contributed by atoms with Gasteiger partial charge in [0.2, 0.25) is 17.7 Å². The van der Waals surface area contributed by atoms with Gasteiger partial charge in [-0.25, -0.2) is 4.79 Å². The number of carbonyl (C=O) groups is 4. The SMILES string of the molecule is NC(Cc1ccc(O)cc1)C(=O)N1CCCC1C(=O)NC(Cc1ccc(O)cc1)C(=O)NC(Cc1ccccc1)C(=O)O. The molecule has 11 heteroatoms. The molecule has 1 fully saturated rings. The van der Waals surface area contributed by atoms with E-state index in [1.54, 1.807) is 54.6 Å². The van der Waals surface area contributed by atoms with Crippen LogP contribution < -0.4 is 16.4 Å². The van der Waals surface area contributed by atoms with Gasteiger partial charge < -0.3 is 36.6 Å². The molecule has 0 radical (unpaired) electrons. The van der Waals surface area contributed by atoms with Crippen LogP contribution >= 0.6 is 0 Å². The van der Waals surface area contributed by atoms with Gasteiger partial charge in [-0.05, 0) is 60.2 Å². The average Bonchev–Trinajstić information content (AvgIpc) is 3.49. The lowest BCUT2D eigenvalue weighted by atomic mass is 10.0. The lowest BCUT2D eigenvalue weighted by Crippen LogP contribution is -2.57. The third kappa shape index (κ3) is 8.55. The van der Waals surface area contributed by atoms with Gasteiger partial charge in [-0.15, -0.1) is 0 Å². The fourth-order valence-electron chi connectivity index (χ4n) is 5.16. The fourth-order valence-corrected chi connectivity index (χ4v) is 5.16. The summed E-state index contributed by atoms with van der Waals surface area (Å²) in [4.78, 5) is 53.7. The minimum atomic E-state index is -1.24. The Bertz CT molecular complexity index is 1410. The quantitative estimate of drug-likeness (QED) is 0.184. The summed E-state index contributed by atoms with van der Waals surface area (Å²) in [6, 6.07) is 17.2. The maximum Gasteiger partial charge on any atom is 0.326 e. The van der Waals surface area contributed by atoms with Gasteiger partial charge in [0, 0.05) is 19.4 Å². The monoisotopic (exact) mass is 588 g/mol. The summed E-state index contributed by atoms with van der Waals surface area (Å²) in [7, 11) is 0. The van der Waals surface area contributed by atoms with Crippen molar-refractivity contribution in [2.24, 2.45) is 5.73 Å². The maximum absolute atomic E-state index is 13.5. The van der Waals surface area contributed by atoms with Crippen LogP contribution in [0.15, 0.2) is 78.9 Å². The van der Waals surface area contributed by atoms with Crippen molar-refractivity contribution in [3.63, 3.8) is 0 Å². The smallest absolute Gasteiger partial charge is 0.326 e. The number of hydrogen-bond donors (Lipinski definition) is 6. The molecule has 1 aliphatic rings. The number of nitrogens with zero attached hydrogens (tertiary/aromatic N) is 1. The number of nitrogens with two attached hydrogens (primary N) is 1. The Kier molecular flexibility index (Phi) is 10.3. The van der Waals surface area contributed by atoms with Crippen molar-refractivity contribution in [3.05, 3.63) is 95.6 Å². The van der Waals surface area contributed by atoms with Gasteiger partial charge in [0.05, 0.1) is 6.04 Å². The predicted molar refractivity (Wildman–Crippen MR) is 158 cm³/mol. The summed E-state index contributed by atoms with van der Waals surface area (Å²) >= 11 is 0. The van der Waals surface area contributed by atoms with E-state index in [4.69, 9.17) is 5.73 Å². The van der Waals surface area contributed by atoms with Crippen molar-refractivity contribution in [2.45, 2.75) is 56.3 Å². The molecule has 3 aromatic carbocycles. The van der Waals surface area contributed by atoms with Crippen molar-refractivity contribution in [1.82, 2.24) is 15.5 Å². The summed E-state index contributed by atoms with van der Waals surface area (Å²) < 4.78 is 0. The molecular weight excluding hydrogens is 552 g/mol. The second-order valence-electron chi connectivity index (χ2n) is 10.7. The van der Waals surface area contributed by atoms with E-state index in [0.29, 0.717) is 24.9 Å². The second-order valence-corrected chi connectivity index (χ2v) is 10.7. The normalized spacial score (nSPS) is 16.6. The summed E-state index contributed by atoms with van der Waals surface area (Å²) in [6.07, 6.45) is 1.24. The summed E-state index contributed by atoms with van der Waals surface area (Å²) in [5.74, 6) is -2.73. The first-order chi connectivity index (χ1) is 20.6. The Labute approximate surface area is 249 Å². The van der Waals surface area contributed by atoms with Crippen LogP contribution in [0.5, 0.6) is 11.5 Å². The number of carbonyl (C=O) groups excluding carboxylic acids is 3. The Morgan fingerprint density at radius 1 is 0.767 bits per heavy atom. The van der Waals surface area contributed by atoms with Gasteiger partial charge in [-0.3, -0.25) is 14.4 Å². The third-order valence-corrected chi connectivity index (χ3v) is 7.45. The molecule has 4 unspecified atom stereocenters. The highest BCUT2D eigenvalue weighted by atomic mass is 16.4. The number of nitrogens with one attached hydrogen (secondary N) is 2. The Morgan fingerprint density at radius 2 is 1.30 bits per heavy atom. The topological polar surface area (TPSA) is 182 Å². The molecule has 7 N–H and O–H groups in total. The van der Waals surface area contributed by atoms with Crippen LogP contribution in [0.2, 0.25) is 0 Å². The molecule has 43 heavy (non-hydrogen) atoms. The Balaban J connectivity index is 1.48. The molecular formula is C32H36N4O7. The number of carboxylic acid groups (broad SMARTS) is 1. The lowest BCUT2D eigenvalue weighted by Gasteiger charge is -2.29. The predicted octanol–water partition coefficient (Wildman–Crippen LogP) is 1.50. The van der Waals surface area contributed by atoms with Crippen LogP contribution in [0.4, 0.5) is 0 Å². The number of phenolic OH excluding ortho intramolecular Hbond substituents is 2. The molecule has 1 saturated heterocycles. The number of phenols is 2. The van der Waals surface area contributed by atoms with Crippen molar-refractivity contribution >= 4 is 23.7 Å². The lowest BCUT2D eigenvalue weighted by molar-refractivity contribution is -0.143. The summed E-state index contributed by atoms with van der Waals surface area (Å²) in [5, 5.41) is 34.3. The van der Waals surface area contributed by atoms with Gasteiger partial charge >= 0.3 is 5.97 Å². The van der Waals surface area contributed by atoms with Crippen molar-refractivity contribution < 1.29 is 34.5 Å². The van der Waals surface area contributed by atoms with Crippen LogP contribution in [-0.2, 0) is 38.4 Å². The van der Waals surface area contributed by atoms with Gasteiger partial charge in [-0.1, -0.05) is 54.6 Å². The number of carboxylic acids is 1. The average molecular weight is 589 g/mol. The van der Waals surface area contributed by atoms with Gasteiger partial charge in [-0.2, -0.15) is 0 Å². The first kappa shape index (κ1) is 31.0. The van der Waals surface area contributed by atoms with E-state index < -0.39 is 47.9 Å². The van der Waals surface area contributed by atoms with E-state index in [-0.39, 0.29) is 30.8 Å². The molecule has 0 aliphatic carbocycles. The molecule has 0 bridgehead atoms. The number of likely N-dealkylation sites (tertiary alicyclic amines) is 1. The molecule has 0 spiro atoms. The highest BCUT2D eigenvalue weighted by Gasteiger charge is 2.38. The molecule has 11 nitrogen and oxygen atoms in total. The van der Waals surface area contributed by atoms with E-state index in [1.165, 1.54) is 29.2 Å². The molecule has 4 rings (SSSR count). The minimum absolute atomic E-state index is 0.0244. The van der Waals surface area contributed by atoms with E-state index in [0.717, 1.165) is 11.1 Å². The number of benzene rings is 3. The van der Waals surface area contributed by atoms with Crippen LogP contribution in [-0.4, -0.2) is 74.6 Å². The zero-order valence-corrected chi connectivity index (χ0v) is 23.6. The molecule has 1 aliphatic heterocycles. The molecule has 3 aromatic rings. The summed E-state index contributed by atoms with van der Waals surface area (Å²) in [5.41, 5.74) is 8.32. The zero-order valence-electron chi connectivity index (χ0n) is 23.6. The van der Waals surface area contributed by atoms with E-state index >= 15 is 0 Å². The Hall–Kier alpha value is -4.90. The minimum Gasteiger partial charge on any atom is -0.508 e. The largest absolute Gasteiger partial charge is 0.508 e. The first-order valence-electron chi connectivity index (χ1n) is 14.1. The number of aliphatic carboxylic acids is 1.